The first kappa shape index (κ1) is 27.6. The van der Waals surface area contributed by atoms with Gasteiger partial charge < -0.3 is 5.32 Å². The topological polar surface area (TPSA) is 117 Å². The van der Waals surface area contributed by atoms with Crippen molar-refractivity contribution in [3.63, 3.8) is 0 Å². The lowest BCUT2D eigenvalue weighted by Crippen LogP contribution is -2.70. The lowest BCUT2D eigenvalue weighted by atomic mass is 9.95. The number of hydrazine groups is 1. The third-order valence-corrected chi connectivity index (χ3v) is 7.95. The van der Waals surface area contributed by atoms with Gasteiger partial charge in [0.05, 0.1) is 17.9 Å². The Bertz CT molecular complexity index is 1640. The summed E-state index contributed by atoms with van der Waals surface area (Å²) in [6.07, 6.45) is -0.705. The molecule has 0 spiro atoms. The number of nitrogens with zero attached hydrogens (tertiary/aromatic N) is 5. The summed E-state index contributed by atoms with van der Waals surface area (Å²) in [5, 5.41) is 3.44. The highest BCUT2D eigenvalue weighted by molar-refractivity contribution is 7.80. The SMILES string of the molecule is Cc1c(NCC(=O)N2C(=O)CC(=O)N(N3C(=O)C(Cl)C3c3ccccc3Cl)C2=S)c(=O)n(-c2ccccc2)n1C. The molecule has 2 atom stereocenters. The lowest BCUT2D eigenvalue weighted by molar-refractivity contribution is -0.178. The summed E-state index contributed by atoms with van der Waals surface area (Å²) in [7, 11) is 1.70. The second-order valence-corrected chi connectivity index (χ2v) is 10.4. The van der Waals surface area contributed by atoms with Crippen molar-refractivity contribution in [3.05, 3.63) is 81.2 Å². The Balaban J connectivity index is 1.39. The summed E-state index contributed by atoms with van der Waals surface area (Å²) in [5.41, 5.74) is 1.41. The van der Waals surface area contributed by atoms with Gasteiger partial charge in [0.1, 0.15) is 23.5 Å². The first-order chi connectivity index (χ1) is 19.0. The van der Waals surface area contributed by atoms with Gasteiger partial charge in [-0.3, -0.25) is 28.7 Å². The average molecular weight is 601 g/mol. The highest BCUT2D eigenvalue weighted by atomic mass is 35.5. The number of carbonyl (C=O) groups is 4. The predicted molar refractivity (Wildman–Crippen MR) is 151 cm³/mol. The molecule has 2 saturated heterocycles. The van der Waals surface area contributed by atoms with Crippen molar-refractivity contribution in [2.24, 2.45) is 7.05 Å². The Hall–Kier alpha value is -4.00. The molecule has 206 valence electrons. The molecule has 0 bridgehead atoms. The first-order valence-electron chi connectivity index (χ1n) is 12.1. The summed E-state index contributed by atoms with van der Waals surface area (Å²) >= 11 is 18.0. The molecular weight excluding hydrogens is 579 g/mol. The van der Waals surface area contributed by atoms with Gasteiger partial charge in [-0.25, -0.2) is 14.6 Å². The van der Waals surface area contributed by atoms with E-state index in [4.69, 9.17) is 35.4 Å². The molecule has 2 aliphatic heterocycles. The van der Waals surface area contributed by atoms with Crippen LogP contribution in [0.15, 0.2) is 59.4 Å². The van der Waals surface area contributed by atoms with Crippen LogP contribution < -0.4 is 10.9 Å². The number of hydrogen-bond acceptors (Lipinski definition) is 7. The minimum atomic E-state index is -1.04. The monoisotopic (exact) mass is 600 g/mol. The number of benzene rings is 2. The van der Waals surface area contributed by atoms with Crippen molar-refractivity contribution >= 4 is 69.8 Å². The normalized spacial score (nSPS) is 19.2. The fourth-order valence-corrected chi connectivity index (χ4v) is 5.72. The van der Waals surface area contributed by atoms with Gasteiger partial charge in [0.2, 0.25) is 11.0 Å². The van der Waals surface area contributed by atoms with E-state index in [-0.39, 0.29) is 5.69 Å². The predicted octanol–water partition coefficient (Wildman–Crippen LogP) is 2.53. The smallest absolute Gasteiger partial charge is 0.295 e. The Morgan fingerprint density at radius 1 is 1.02 bits per heavy atom. The number of carbonyl (C=O) groups excluding carboxylic acids is 4. The molecule has 4 amide bonds. The van der Waals surface area contributed by atoms with E-state index in [9.17, 15) is 24.0 Å². The number of para-hydroxylation sites is 1. The zero-order valence-corrected chi connectivity index (χ0v) is 23.5. The zero-order valence-electron chi connectivity index (χ0n) is 21.2. The third-order valence-electron chi connectivity index (χ3n) is 6.82. The van der Waals surface area contributed by atoms with Crippen molar-refractivity contribution in [3.8, 4) is 5.69 Å². The number of halogens is 2. The van der Waals surface area contributed by atoms with Crippen LogP contribution >= 0.6 is 35.4 Å². The van der Waals surface area contributed by atoms with Crippen molar-refractivity contribution in [1.29, 1.82) is 0 Å². The van der Waals surface area contributed by atoms with Crippen molar-refractivity contribution in [1.82, 2.24) is 24.3 Å². The molecule has 14 heteroatoms. The van der Waals surface area contributed by atoms with Crippen LogP contribution in [0.2, 0.25) is 5.02 Å². The zero-order chi connectivity index (χ0) is 28.9. The summed E-state index contributed by atoms with van der Waals surface area (Å²) in [6.45, 7) is 1.22. The summed E-state index contributed by atoms with van der Waals surface area (Å²) in [6, 6.07) is 14.8. The van der Waals surface area contributed by atoms with Crippen LogP contribution in [0.1, 0.15) is 23.7 Å². The number of hydrogen-bond donors (Lipinski definition) is 1. The van der Waals surface area contributed by atoms with Gasteiger partial charge in [-0.15, -0.1) is 11.6 Å². The maximum Gasteiger partial charge on any atom is 0.295 e. The van der Waals surface area contributed by atoms with E-state index in [1.54, 1.807) is 67.2 Å². The Morgan fingerprint density at radius 2 is 1.68 bits per heavy atom. The number of anilines is 1. The Morgan fingerprint density at radius 3 is 2.35 bits per heavy atom. The molecule has 0 radical (unpaired) electrons. The Labute approximate surface area is 243 Å². The number of rotatable bonds is 6. The maximum atomic E-state index is 13.3. The van der Waals surface area contributed by atoms with Crippen LogP contribution in [-0.2, 0) is 26.2 Å². The molecule has 2 unspecified atom stereocenters. The minimum Gasteiger partial charge on any atom is -0.370 e. The van der Waals surface area contributed by atoms with Crippen molar-refractivity contribution in [2.75, 3.05) is 11.9 Å². The molecule has 0 saturated carbocycles. The number of β-lactam (4-membered cyclic amide) rings is 1. The van der Waals surface area contributed by atoms with Gasteiger partial charge in [-0.2, -0.15) is 5.01 Å². The standard InChI is InChI=1S/C26H22Cl2N6O5S/c1-14-22(25(39)32(30(14)2)15-8-4-3-5-9-15)29-13-20(37)31-18(35)12-19(36)33(26(31)40)34-23(21(28)24(34)38)16-10-6-7-11-17(16)27/h3-11,21,23,29H,12-13H2,1-2H3. The van der Waals surface area contributed by atoms with Crippen molar-refractivity contribution in [2.45, 2.75) is 24.8 Å². The molecule has 2 fully saturated rings. The van der Waals surface area contributed by atoms with E-state index in [2.05, 4.69) is 5.32 Å². The summed E-state index contributed by atoms with van der Waals surface area (Å²) in [5.74, 6) is -3.09. The van der Waals surface area contributed by atoms with Crippen LogP contribution in [0, 0.1) is 6.92 Å². The number of alkyl halides is 1. The first-order valence-corrected chi connectivity index (χ1v) is 13.3. The molecule has 2 aliphatic rings. The van der Waals surface area contributed by atoms with Crippen LogP contribution in [0.4, 0.5) is 5.69 Å². The average Bonchev–Trinajstić information content (AvgIpc) is 3.14. The Kier molecular flexibility index (Phi) is 7.25. The van der Waals surface area contributed by atoms with E-state index in [0.29, 0.717) is 26.9 Å². The number of aromatic nitrogens is 2. The van der Waals surface area contributed by atoms with Gasteiger partial charge in [-0.05, 0) is 42.9 Å². The van der Waals surface area contributed by atoms with E-state index < -0.39 is 58.7 Å². The molecule has 0 aliphatic carbocycles. The molecule has 3 aromatic rings. The molecular formula is C26H22Cl2N6O5S. The van der Waals surface area contributed by atoms with Crippen LogP contribution in [0.3, 0.4) is 0 Å². The molecule has 2 aromatic carbocycles. The highest BCUT2D eigenvalue weighted by Gasteiger charge is 2.55. The van der Waals surface area contributed by atoms with E-state index in [0.717, 1.165) is 10.0 Å². The van der Waals surface area contributed by atoms with Crippen LogP contribution in [0.25, 0.3) is 5.69 Å². The molecule has 5 rings (SSSR count). The summed E-state index contributed by atoms with van der Waals surface area (Å²) < 4.78 is 3.07. The van der Waals surface area contributed by atoms with Gasteiger partial charge in [0, 0.05) is 12.1 Å². The number of amides is 4. The second-order valence-electron chi connectivity index (χ2n) is 9.13. The third kappa shape index (κ3) is 4.37. The number of thiocarbonyl (C=S) groups is 1. The second kappa shape index (κ2) is 10.5. The van der Waals surface area contributed by atoms with Gasteiger partial charge in [0.25, 0.3) is 23.3 Å². The fourth-order valence-electron chi connectivity index (χ4n) is 4.73. The highest BCUT2D eigenvalue weighted by Crippen LogP contribution is 2.43. The molecule has 1 N–H and O–H groups in total. The molecule has 11 nitrogen and oxygen atoms in total. The van der Waals surface area contributed by atoms with E-state index in [1.807, 2.05) is 6.07 Å². The lowest BCUT2D eigenvalue weighted by Gasteiger charge is -2.51. The molecule has 40 heavy (non-hydrogen) atoms. The number of nitrogens with one attached hydrogen (secondary N) is 1. The minimum absolute atomic E-state index is 0.157. The number of imide groups is 1. The van der Waals surface area contributed by atoms with Gasteiger partial charge in [-0.1, -0.05) is 48.0 Å². The van der Waals surface area contributed by atoms with Gasteiger partial charge in [0.15, 0.2) is 0 Å². The largest absolute Gasteiger partial charge is 0.370 e. The quantitative estimate of drug-likeness (QED) is 0.200. The van der Waals surface area contributed by atoms with Crippen molar-refractivity contribution < 1.29 is 19.2 Å². The molecule has 3 heterocycles. The van der Waals surface area contributed by atoms with Crippen LogP contribution in [-0.4, -0.2) is 64.9 Å². The van der Waals surface area contributed by atoms with E-state index >= 15 is 0 Å². The van der Waals surface area contributed by atoms with Crippen LogP contribution in [0.5, 0.6) is 0 Å². The molecule has 1 aromatic heterocycles. The van der Waals surface area contributed by atoms with Gasteiger partial charge >= 0.3 is 0 Å². The maximum absolute atomic E-state index is 13.3. The fraction of sp³-hybridized carbons (Fsp3) is 0.231. The van der Waals surface area contributed by atoms with E-state index in [1.165, 1.54) is 4.68 Å². The summed E-state index contributed by atoms with van der Waals surface area (Å²) in [4.78, 5) is 65.6.